The summed E-state index contributed by atoms with van der Waals surface area (Å²) < 4.78 is 27.6. The zero-order chi connectivity index (χ0) is 17.0. The Morgan fingerprint density at radius 2 is 1.44 bits per heavy atom. The van der Waals surface area contributed by atoms with E-state index in [1.165, 1.54) is 11.1 Å². The van der Waals surface area contributed by atoms with Crippen LogP contribution in [0.15, 0.2) is 12.1 Å². The van der Waals surface area contributed by atoms with Crippen LogP contribution in [0, 0.1) is 0 Å². The Kier molecular flexibility index (Phi) is 12.1. The van der Waals surface area contributed by atoms with E-state index in [1.807, 2.05) is 6.07 Å². The molecule has 0 bridgehead atoms. The fraction of sp³-hybridized carbons (Fsp3) is 0.684. The first-order chi connectivity index (χ1) is 11.8. The molecule has 0 spiro atoms. The van der Waals surface area contributed by atoms with Crippen molar-refractivity contribution >= 4 is 0 Å². The summed E-state index contributed by atoms with van der Waals surface area (Å²) >= 11 is 0. The predicted molar refractivity (Wildman–Crippen MR) is 93.9 cm³/mol. The Hall–Kier alpha value is -0.703. The molecule has 1 aliphatic rings. The molecule has 0 fully saturated rings. The van der Waals surface area contributed by atoms with Gasteiger partial charge >= 0.3 is 18.9 Å². The van der Waals surface area contributed by atoms with Crippen LogP contribution < -0.4 is 28.3 Å². The van der Waals surface area contributed by atoms with Gasteiger partial charge in [0.15, 0.2) is 11.5 Å². The number of unbranched alkanes of at least 4 members (excludes halogenated alkanes) is 1. The average Bonchev–Trinajstić information content (AvgIpc) is 3.04. The summed E-state index contributed by atoms with van der Waals surface area (Å²) in [6.45, 7) is 8.47. The van der Waals surface area contributed by atoms with Crippen LogP contribution >= 0.6 is 0 Å². The number of hydrogen-bond donors (Lipinski definition) is 0. The van der Waals surface area contributed by atoms with E-state index in [2.05, 4.69) is 19.9 Å². The molecular weight excluding hydrogens is 315 g/mol. The number of fused-ring (bicyclic) bond motifs is 1. The van der Waals surface area contributed by atoms with Gasteiger partial charge in [0, 0.05) is 6.61 Å². The van der Waals surface area contributed by atoms with Crippen molar-refractivity contribution in [2.45, 2.75) is 46.1 Å². The molecule has 1 heterocycles. The Bertz CT molecular complexity index is 487. The van der Waals surface area contributed by atoms with Gasteiger partial charge in [-0.15, -0.1) is 0 Å². The maximum absolute atomic E-state index is 5.75. The van der Waals surface area contributed by atoms with Crippen molar-refractivity contribution in [2.24, 2.45) is 0 Å². The molecule has 0 saturated heterocycles. The molecule has 5 nitrogen and oxygen atoms in total. The number of benzene rings is 1. The van der Waals surface area contributed by atoms with E-state index in [1.54, 1.807) is 0 Å². The van der Waals surface area contributed by atoms with E-state index in [9.17, 15) is 0 Å². The molecule has 2 rings (SSSR count). The number of ether oxygens (including phenoxy) is 5. The summed E-state index contributed by atoms with van der Waals surface area (Å²) in [5, 5.41) is 0. The van der Waals surface area contributed by atoms with Gasteiger partial charge in [0.05, 0.1) is 33.0 Å². The summed E-state index contributed by atoms with van der Waals surface area (Å²) in [6.07, 6.45) is 4.38. The molecular formula is C19H31LiO5. The van der Waals surface area contributed by atoms with Gasteiger partial charge < -0.3 is 25.1 Å². The molecule has 1 aromatic rings. The topological polar surface area (TPSA) is 46.2 Å². The van der Waals surface area contributed by atoms with Crippen molar-refractivity contribution < 1.29 is 44.0 Å². The van der Waals surface area contributed by atoms with Crippen LogP contribution in [-0.4, -0.2) is 39.8 Å². The first-order valence-electron chi connectivity index (χ1n) is 8.99. The summed E-state index contributed by atoms with van der Waals surface area (Å²) in [6, 6.07) is 4.12. The van der Waals surface area contributed by atoms with Crippen LogP contribution in [0.5, 0.6) is 11.5 Å². The van der Waals surface area contributed by atoms with Crippen molar-refractivity contribution in [3.63, 3.8) is 0 Å². The van der Waals surface area contributed by atoms with Crippen LogP contribution in [0.4, 0.5) is 0 Å². The third kappa shape index (κ3) is 8.02. The second-order valence-corrected chi connectivity index (χ2v) is 5.86. The normalized spacial score (nSPS) is 12.2. The minimum absolute atomic E-state index is 0. The van der Waals surface area contributed by atoms with E-state index < -0.39 is 0 Å². The molecule has 6 heteroatoms. The number of hydrogen-bond acceptors (Lipinski definition) is 5. The summed E-state index contributed by atoms with van der Waals surface area (Å²) in [4.78, 5) is 0. The van der Waals surface area contributed by atoms with Gasteiger partial charge in [0.2, 0.25) is 6.79 Å². The Morgan fingerprint density at radius 1 is 0.840 bits per heavy atom. The van der Waals surface area contributed by atoms with Crippen molar-refractivity contribution in [1.29, 1.82) is 0 Å². The molecule has 0 radical (unpaired) electrons. The van der Waals surface area contributed by atoms with Crippen molar-refractivity contribution in [1.82, 2.24) is 0 Å². The van der Waals surface area contributed by atoms with E-state index in [4.69, 9.17) is 23.7 Å². The summed E-state index contributed by atoms with van der Waals surface area (Å²) in [5.41, 5.74) is 2.44. The quantitative estimate of drug-likeness (QED) is 0.391. The van der Waals surface area contributed by atoms with Crippen molar-refractivity contribution in [3.05, 3.63) is 23.3 Å². The second-order valence-electron chi connectivity index (χ2n) is 5.86. The van der Waals surface area contributed by atoms with Crippen LogP contribution in [0.1, 0.15) is 45.7 Å². The van der Waals surface area contributed by atoms with Crippen LogP contribution in [0.3, 0.4) is 0 Å². The Labute approximate surface area is 165 Å². The van der Waals surface area contributed by atoms with E-state index in [0.29, 0.717) is 39.8 Å². The molecule has 0 N–H and O–H groups in total. The molecule has 0 saturated carbocycles. The molecule has 1 aromatic carbocycles. The monoisotopic (exact) mass is 346 g/mol. The van der Waals surface area contributed by atoms with E-state index >= 15 is 0 Å². The minimum atomic E-state index is 0. The molecule has 0 amide bonds. The van der Waals surface area contributed by atoms with Gasteiger partial charge in [0.25, 0.3) is 0 Å². The maximum atomic E-state index is 5.75. The molecule has 0 atom stereocenters. The van der Waals surface area contributed by atoms with Crippen LogP contribution in [0.25, 0.3) is 0 Å². The maximum Gasteiger partial charge on any atom is 1.00 e. The van der Waals surface area contributed by atoms with Crippen molar-refractivity contribution in [2.75, 3.05) is 39.8 Å². The molecule has 1 aliphatic heterocycles. The Morgan fingerprint density at radius 3 is 2.08 bits per heavy atom. The minimum Gasteiger partial charge on any atom is -1.00 e. The first-order valence-corrected chi connectivity index (χ1v) is 8.99. The standard InChI is InChI=1S/C19H30O5.Li.H/c1-3-5-7-20-8-9-21-10-11-22-14-17-13-19-18(23-15-24-19)12-16(17)6-4-2;;/h12-13H,3-11,14-15H2,1-2H3;;/q;+1;-1. The third-order valence-electron chi connectivity index (χ3n) is 3.86. The van der Waals surface area contributed by atoms with Crippen molar-refractivity contribution in [3.8, 4) is 11.5 Å². The van der Waals surface area contributed by atoms with Gasteiger partial charge in [-0.3, -0.25) is 0 Å². The van der Waals surface area contributed by atoms with Crippen LogP contribution in [-0.2, 0) is 27.2 Å². The van der Waals surface area contributed by atoms with Gasteiger partial charge in [-0.1, -0.05) is 26.7 Å². The van der Waals surface area contributed by atoms with Gasteiger partial charge in [-0.25, -0.2) is 0 Å². The fourth-order valence-electron chi connectivity index (χ4n) is 2.53. The van der Waals surface area contributed by atoms with Gasteiger partial charge in [0.1, 0.15) is 0 Å². The zero-order valence-corrected chi connectivity index (χ0v) is 16.0. The van der Waals surface area contributed by atoms with Crippen LogP contribution in [0.2, 0.25) is 0 Å². The second kappa shape index (κ2) is 13.5. The van der Waals surface area contributed by atoms with Gasteiger partial charge in [-0.05, 0) is 36.1 Å². The largest absolute Gasteiger partial charge is 1.00 e. The molecule has 0 aromatic heterocycles. The Balaban J connectivity index is 0.00000312. The van der Waals surface area contributed by atoms with E-state index in [-0.39, 0.29) is 20.3 Å². The first kappa shape index (κ1) is 22.3. The average molecular weight is 346 g/mol. The molecule has 25 heavy (non-hydrogen) atoms. The number of rotatable bonds is 13. The van der Waals surface area contributed by atoms with E-state index in [0.717, 1.165) is 43.8 Å². The molecule has 0 aliphatic carbocycles. The SMILES string of the molecule is CCCCOCCOCCOCc1cc2c(cc1CCC)OCO2.[H-].[Li+]. The third-order valence-corrected chi connectivity index (χ3v) is 3.86. The molecule has 0 unspecified atom stereocenters. The smallest absolute Gasteiger partial charge is 1.00 e. The summed E-state index contributed by atoms with van der Waals surface area (Å²) in [5.74, 6) is 1.66. The number of aryl methyl sites for hydroxylation is 1. The molecule has 138 valence electrons. The summed E-state index contributed by atoms with van der Waals surface area (Å²) in [7, 11) is 0. The fourth-order valence-corrected chi connectivity index (χ4v) is 2.53. The van der Waals surface area contributed by atoms with Gasteiger partial charge in [-0.2, -0.15) is 0 Å². The predicted octanol–water partition coefficient (Wildman–Crippen LogP) is 0.834. The zero-order valence-electron chi connectivity index (χ0n) is 17.0.